The van der Waals surface area contributed by atoms with Crippen molar-refractivity contribution in [2.75, 3.05) is 17.8 Å². The number of hydrogen-bond donors (Lipinski definition) is 1. The van der Waals surface area contributed by atoms with Crippen molar-refractivity contribution in [2.45, 2.75) is 32.0 Å². The molecule has 1 aromatic heterocycles. The van der Waals surface area contributed by atoms with E-state index in [9.17, 15) is 26.7 Å². The molecule has 1 aromatic carbocycles. The quantitative estimate of drug-likeness (QED) is 0.743. The summed E-state index contributed by atoms with van der Waals surface area (Å²) in [7, 11) is -3.81. The Kier molecular flexibility index (Phi) is 5.97. The first-order valence-corrected chi connectivity index (χ1v) is 11.1. The summed E-state index contributed by atoms with van der Waals surface area (Å²) in [5.74, 6) is -1.42. The van der Waals surface area contributed by atoms with Crippen molar-refractivity contribution >= 4 is 44.3 Å². The summed E-state index contributed by atoms with van der Waals surface area (Å²) in [5, 5.41) is 11.9. The minimum atomic E-state index is -4.37. The van der Waals surface area contributed by atoms with Crippen molar-refractivity contribution in [1.29, 1.82) is 0 Å². The number of benzene rings is 1. The lowest BCUT2D eigenvalue weighted by Crippen LogP contribution is -2.33. The molecule has 0 saturated heterocycles. The molecule has 1 atom stereocenters. The van der Waals surface area contributed by atoms with Crippen molar-refractivity contribution in [3.05, 3.63) is 34.5 Å². The van der Waals surface area contributed by atoms with E-state index in [0.29, 0.717) is 33.3 Å². The molecule has 0 bridgehead atoms. The van der Waals surface area contributed by atoms with Gasteiger partial charge in [-0.3, -0.25) is 0 Å². The van der Waals surface area contributed by atoms with Crippen LogP contribution in [-0.2, 0) is 15.6 Å². The van der Waals surface area contributed by atoms with E-state index in [4.69, 9.17) is 11.6 Å². The summed E-state index contributed by atoms with van der Waals surface area (Å²) in [6.07, 6.45) is -3.33. The Hall–Kier alpha value is -0.900. The van der Waals surface area contributed by atoms with Gasteiger partial charge in [0.1, 0.15) is 5.60 Å². The molecule has 4 nitrogen and oxygen atoms in total. The second kappa shape index (κ2) is 7.26. The SMILES string of the molecule is CCC(O)(CSCC(F)(F)F)c1cc2cc(Cl)c(C)cc2n1S(C)(=O)=O. The Morgan fingerprint density at radius 1 is 1.23 bits per heavy atom. The molecule has 0 fully saturated rings. The number of aliphatic hydroxyl groups is 1. The molecule has 0 saturated carbocycles. The highest BCUT2D eigenvalue weighted by Gasteiger charge is 2.36. The van der Waals surface area contributed by atoms with Crippen LogP contribution in [0.1, 0.15) is 24.6 Å². The smallest absolute Gasteiger partial charge is 0.383 e. The summed E-state index contributed by atoms with van der Waals surface area (Å²) in [4.78, 5) is 0. The predicted octanol–water partition coefficient (Wildman–Crippen LogP) is 4.30. The lowest BCUT2D eigenvalue weighted by atomic mass is 9.99. The maximum atomic E-state index is 12.4. The van der Waals surface area contributed by atoms with E-state index in [1.54, 1.807) is 26.0 Å². The first-order chi connectivity index (χ1) is 11.8. The minimum absolute atomic E-state index is 0.0360. The number of aromatic nitrogens is 1. The molecule has 0 spiro atoms. The molecule has 1 N–H and O–H groups in total. The van der Waals surface area contributed by atoms with Gasteiger partial charge in [0.15, 0.2) is 0 Å². The minimum Gasteiger partial charge on any atom is -0.383 e. The normalized spacial score (nSPS) is 15.4. The molecule has 0 aliphatic rings. The van der Waals surface area contributed by atoms with E-state index in [2.05, 4.69) is 0 Å². The second-order valence-electron chi connectivity index (χ2n) is 6.21. The predicted molar refractivity (Wildman–Crippen MR) is 99.5 cm³/mol. The van der Waals surface area contributed by atoms with Crippen LogP contribution >= 0.6 is 23.4 Å². The zero-order valence-electron chi connectivity index (χ0n) is 14.4. The van der Waals surface area contributed by atoms with Gasteiger partial charge < -0.3 is 5.11 Å². The summed E-state index contributed by atoms with van der Waals surface area (Å²) in [5.41, 5.74) is -0.718. The summed E-state index contributed by atoms with van der Waals surface area (Å²) >= 11 is 6.61. The monoisotopic (exact) mass is 429 g/mol. The van der Waals surface area contributed by atoms with Crippen molar-refractivity contribution in [3.63, 3.8) is 0 Å². The molecule has 2 aromatic rings. The van der Waals surface area contributed by atoms with E-state index >= 15 is 0 Å². The van der Waals surface area contributed by atoms with Gasteiger partial charge in [0.2, 0.25) is 10.0 Å². The molecule has 1 heterocycles. The van der Waals surface area contributed by atoms with Gasteiger partial charge in [0.25, 0.3) is 0 Å². The van der Waals surface area contributed by atoms with Gasteiger partial charge >= 0.3 is 6.18 Å². The van der Waals surface area contributed by atoms with Gasteiger partial charge in [0, 0.05) is 16.2 Å². The van der Waals surface area contributed by atoms with Crippen LogP contribution in [0.2, 0.25) is 5.02 Å². The third kappa shape index (κ3) is 4.49. The summed E-state index contributed by atoms with van der Waals surface area (Å²) in [6.45, 7) is 3.31. The zero-order chi connectivity index (χ0) is 19.9. The Bertz CT molecular complexity index is 925. The van der Waals surface area contributed by atoms with Crippen molar-refractivity contribution in [2.24, 2.45) is 0 Å². The van der Waals surface area contributed by atoms with Gasteiger partial charge in [-0.25, -0.2) is 12.4 Å². The maximum absolute atomic E-state index is 12.4. The second-order valence-corrected chi connectivity index (χ2v) is 9.43. The molecule has 10 heteroatoms. The van der Waals surface area contributed by atoms with E-state index in [1.807, 2.05) is 0 Å². The molecule has 26 heavy (non-hydrogen) atoms. The first-order valence-electron chi connectivity index (χ1n) is 7.68. The number of nitrogens with zero attached hydrogens (tertiary/aromatic N) is 1. The van der Waals surface area contributed by atoms with Crippen LogP contribution in [0, 0.1) is 6.92 Å². The van der Waals surface area contributed by atoms with Gasteiger partial charge in [-0.05, 0) is 37.1 Å². The van der Waals surface area contributed by atoms with Crippen molar-refractivity contribution in [3.8, 4) is 0 Å². The third-order valence-corrected chi connectivity index (χ3v) is 6.71. The van der Waals surface area contributed by atoms with E-state index in [0.717, 1.165) is 10.2 Å². The average molecular weight is 430 g/mol. The van der Waals surface area contributed by atoms with Crippen LogP contribution in [0.3, 0.4) is 0 Å². The fourth-order valence-corrected chi connectivity index (χ4v) is 4.97. The van der Waals surface area contributed by atoms with Gasteiger partial charge in [-0.2, -0.15) is 13.2 Å². The topological polar surface area (TPSA) is 59.3 Å². The summed E-state index contributed by atoms with van der Waals surface area (Å²) < 4.78 is 63.0. The van der Waals surface area contributed by atoms with Crippen LogP contribution in [0.4, 0.5) is 13.2 Å². The molecule has 0 amide bonds. The molecule has 1 unspecified atom stereocenters. The first kappa shape index (κ1) is 21.4. The largest absolute Gasteiger partial charge is 0.397 e. The standard InChI is InChI=1S/C16H19ClF3NO3S2/c1-4-15(22,8-25-9-16(18,19)20)14-7-11-6-12(17)10(2)5-13(11)21(14)26(3,23)24/h5-7,22H,4,8-9H2,1-3H3. The molecule has 146 valence electrons. The number of fused-ring (bicyclic) bond motifs is 1. The Morgan fingerprint density at radius 2 is 1.85 bits per heavy atom. The molecule has 2 rings (SSSR count). The molecule has 0 aliphatic carbocycles. The molecule has 0 aliphatic heterocycles. The van der Waals surface area contributed by atoms with Gasteiger partial charge in [-0.15, -0.1) is 11.8 Å². The highest BCUT2D eigenvalue weighted by atomic mass is 35.5. The van der Waals surface area contributed by atoms with Crippen LogP contribution in [0.15, 0.2) is 18.2 Å². The Balaban J connectivity index is 2.62. The van der Waals surface area contributed by atoms with Gasteiger partial charge in [0.05, 0.1) is 23.2 Å². The number of halogens is 4. The highest BCUT2D eigenvalue weighted by Crippen LogP contribution is 2.37. The summed E-state index contributed by atoms with van der Waals surface area (Å²) in [6, 6.07) is 4.64. The number of thioether (sulfide) groups is 1. The van der Waals surface area contributed by atoms with Crippen LogP contribution in [-0.4, -0.2) is 41.4 Å². The fraction of sp³-hybridized carbons (Fsp3) is 0.500. The van der Waals surface area contributed by atoms with Crippen LogP contribution in [0.5, 0.6) is 0 Å². The third-order valence-electron chi connectivity index (χ3n) is 4.04. The van der Waals surface area contributed by atoms with Crippen LogP contribution < -0.4 is 0 Å². The number of hydrogen-bond acceptors (Lipinski definition) is 4. The highest BCUT2D eigenvalue weighted by molar-refractivity contribution is 7.99. The lowest BCUT2D eigenvalue weighted by molar-refractivity contribution is -0.105. The Morgan fingerprint density at radius 3 is 2.35 bits per heavy atom. The van der Waals surface area contributed by atoms with E-state index in [-0.39, 0.29) is 17.9 Å². The number of aryl methyl sites for hydroxylation is 1. The average Bonchev–Trinajstić information content (AvgIpc) is 2.85. The molecular weight excluding hydrogens is 411 g/mol. The lowest BCUT2D eigenvalue weighted by Gasteiger charge is -2.28. The number of rotatable bonds is 6. The van der Waals surface area contributed by atoms with Crippen LogP contribution in [0.25, 0.3) is 10.9 Å². The zero-order valence-corrected chi connectivity index (χ0v) is 16.8. The maximum Gasteiger partial charge on any atom is 0.397 e. The number of alkyl halides is 3. The van der Waals surface area contributed by atoms with Crippen molar-refractivity contribution < 1.29 is 26.7 Å². The van der Waals surface area contributed by atoms with E-state index in [1.165, 1.54) is 6.07 Å². The van der Waals surface area contributed by atoms with Crippen molar-refractivity contribution in [1.82, 2.24) is 3.97 Å². The Labute approximate surface area is 159 Å². The fourth-order valence-electron chi connectivity index (χ4n) is 2.68. The van der Waals surface area contributed by atoms with Gasteiger partial charge in [-0.1, -0.05) is 18.5 Å². The molecule has 0 radical (unpaired) electrons. The van der Waals surface area contributed by atoms with E-state index < -0.39 is 27.6 Å². The molecular formula is C16H19ClF3NO3S2.